The van der Waals surface area contributed by atoms with Gasteiger partial charge in [0.05, 0.1) is 11.8 Å². The van der Waals surface area contributed by atoms with Crippen LogP contribution in [0.1, 0.15) is 26.2 Å². The zero-order valence-corrected chi connectivity index (χ0v) is 10.4. The molecular weight excluding hydrogens is 238 g/mol. The van der Waals surface area contributed by atoms with E-state index in [1.165, 1.54) is 0 Å². The molecule has 0 aliphatic carbocycles. The van der Waals surface area contributed by atoms with Crippen molar-refractivity contribution in [2.45, 2.75) is 32.2 Å². The highest BCUT2D eigenvalue weighted by Crippen LogP contribution is 2.25. The number of hydrogen-bond donors (Lipinski definition) is 4. The molecule has 0 bridgehead atoms. The number of piperidine rings is 1. The number of rotatable bonds is 5. The van der Waals surface area contributed by atoms with E-state index in [4.69, 9.17) is 10.8 Å². The average Bonchev–Trinajstić information content (AvgIpc) is 2.28. The van der Waals surface area contributed by atoms with Gasteiger partial charge >= 0.3 is 5.97 Å². The predicted octanol–water partition coefficient (Wildman–Crippen LogP) is -1.18. The summed E-state index contributed by atoms with van der Waals surface area (Å²) in [4.78, 5) is 33.7. The molecule has 5 N–H and O–H groups in total. The molecule has 0 spiro atoms. The summed E-state index contributed by atoms with van der Waals surface area (Å²) in [5.41, 5.74) is 4.32. The van der Waals surface area contributed by atoms with Gasteiger partial charge in [0.1, 0.15) is 6.04 Å². The second kappa shape index (κ2) is 5.81. The fraction of sp³-hybridized carbons (Fsp3) is 0.727. The van der Waals surface area contributed by atoms with E-state index in [2.05, 4.69) is 10.6 Å². The Bertz CT molecular complexity index is 350. The fourth-order valence-electron chi connectivity index (χ4n) is 1.98. The van der Waals surface area contributed by atoms with Crippen LogP contribution in [0.3, 0.4) is 0 Å². The monoisotopic (exact) mass is 257 g/mol. The van der Waals surface area contributed by atoms with Crippen molar-refractivity contribution in [3.8, 4) is 0 Å². The van der Waals surface area contributed by atoms with E-state index in [1.807, 2.05) is 0 Å². The maximum Gasteiger partial charge on any atom is 0.326 e. The highest BCUT2D eigenvalue weighted by atomic mass is 16.4. The molecule has 2 unspecified atom stereocenters. The summed E-state index contributed by atoms with van der Waals surface area (Å²) in [5.74, 6) is -2.37. The zero-order valence-electron chi connectivity index (χ0n) is 10.4. The standard InChI is InChI=1S/C11H19N3O4/c1-11(3-2-4-13-6-11)10(18)14-7(9(16)17)5-8(12)15/h7,13H,2-6H2,1H3,(H2,12,15)(H,14,18)(H,16,17). The van der Waals surface area contributed by atoms with Crippen LogP contribution < -0.4 is 16.4 Å². The second-order valence-corrected chi connectivity index (χ2v) is 4.88. The molecule has 0 aromatic heterocycles. The van der Waals surface area contributed by atoms with Crippen molar-refractivity contribution in [3.05, 3.63) is 0 Å². The Hall–Kier alpha value is -1.63. The van der Waals surface area contributed by atoms with Gasteiger partial charge in [-0.3, -0.25) is 9.59 Å². The van der Waals surface area contributed by atoms with Gasteiger partial charge in [-0.05, 0) is 26.3 Å². The maximum atomic E-state index is 12.0. The molecule has 1 heterocycles. The molecule has 0 saturated carbocycles. The van der Waals surface area contributed by atoms with Crippen LogP contribution in [-0.4, -0.2) is 42.0 Å². The van der Waals surface area contributed by atoms with Crippen LogP contribution >= 0.6 is 0 Å². The van der Waals surface area contributed by atoms with Crippen LogP contribution in [0.4, 0.5) is 0 Å². The lowest BCUT2D eigenvalue weighted by Gasteiger charge is -2.33. The lowest BCUT2D eigenvalue weighted by atomic mass is 9.81. The Morgan fingerprint density at radius 2 is 2.17 bits per heavy atom. The van der Waals surface area contributed by atoms with Gasteiger partial charge in [-0.2, -0.15) is 0 Å². The molecule has 2 amide bonds. The molecule has 0 aromatic carbocycles. The van der Waals surface area contributed by atoms with Gasteiger partial charge in [0.15, 0.2) is 0 Å². The molecule has 1 fully saturated rings. The van der Waals surface area contributed by atoms with Crippen molar-refractivity contribution in [1.82, 2.24) is 10.6 Å². The van der Waals surface area contributed by atoms with E-state index in [1.54, 1.807) is 6.92 Å². The predicted molar refractivity (Wildman–Crippen MR) is 63.6 cm³/mol. The molecule has 1 rings (SSSR count). The summed E-state index contributed by atoms with van der Waals surface area (Å²) in [6.45, 7) is 3.13. The molecular formula is C11H19N3O4. The van der Waals surface area contributed by atoms with Gasteiger partial charge in [0.25, 0.3) is 0 Å². The number of aliphatic carboxylic acids is 1. The Morgan fingerprint density at radius 1 is 1.50 bits per heavy atom. The highest BCUT2D eigenvalue weighted by Gasteiger charge is 2.36. The van der Waals surface area contributed by atoms with Crippen molar-refractivity contribution < 1.29 is 19.5 Å². The number of primary amides is 1. The van der Waals surface area contributed by atoms with E-state index in [0.29, 0.717) is 13.0 Å². The topological polar surface area (TPSA) is 122 Å². The van der Waals surface area contributed by atoms with E-state index in [0.717, 1.165) is 13.0 Å². The number of hydrogen-bond acceptors (Lipinski definition) is 4. The summed E-state index contributed by atoms with van der Waals surface area (Å²) in [5, 5.41) is 14.4. The van der Waals surface area contributed by atoms with Crippen LogP contribution in [-0.2, 0) is 14.4 Å². The lowest BCUT2D eigenvalue weighted by Crippen LogP contribution is -2.53. The summed E-state index contributed by atoms with van der Waals surface area (Å²) in [7, 11) is 0. The molecule has 2 atom stereocenters. The smallest absolute Gasteiger partial charge is 0.326 e. The van der Waals surface area contributed by atoms with Crippen molar-refractivity contribution in [2.24, 2.45) is 11.1 Å². The van der Waals surface area contributed by atoms with Gasteiger partial charge in [-0.1, -0.05) is 0 Å². The number of amides is 2. The lowest BCUT2D eigenvalue weighted by molar-refractivity contribution is -0.145. The van der Waals surface area contributed by atoms with E-state index in [9.17, 15) is 14.4 Å². The van der Waals surface area contributed by atoms with Gasteiger partial charge in [0, 0.05) is 6.54 Å². The molecule has 1 aliphatic heterocycles. The molecule has 102 valence electrons. The normalized spacial score (nSPS) is 25.2. The molecule has 0 radical (unpaired) electrons. The van der Waals surface area contributed by atoms with Crippen molar-refractivity contribution >= 4 is 17.8 Å². The van der Waals surface area contributed by atoms with Crippen molar-refractivity contribution in [3.63, 3.8) is 0 Å². The minimum atomic E-state index is -1.26. The van der Waals surface area contributed by atoms with Crippen molar-refractivity contribution in [2.75, 3.05) is 13.1 Å². The highest BCUT2D eigenvalue weighted by molar-refractivity contribution is 5.90. The Morgan fingerprint density at radius 3 is 2.61 bits per heavy atom. The number of carboxylic acids is 1. The Kier molecular flexibility index (Phi) is 4.66. The third-order valence-corrected chi connectivity index (χ3v) is 3.15. The van der Waals surface area contributed by atoms with Gasteiger partial charge < -0.3 is 21.5 Å². The molecule has 1 aliphatic rings. The fourth-order valence-corrected chi connectivity index (χ4v) is 1.98. The first-order chi connectivity index (χ1) is 8.35. The Labute approximate surface area is 105 Å². The number of carbonyl (C=O) groups excluding carboxylic acids is 2. The minimum Gasteiger partial charge on any atom is -0.480 e. The number of carbonyl (C=O) groups is 3. The SMILES string of the molecule is CC1(C(=O)NC(CC(N)=O)C(=O)O)CCCNC1. The van der Waals surface area contributed by atoms with E-state index < -0.39 is 29.8 Å². The average molecular weight is 257 g/mol. The summed E-state index contributed by atoms with van der Waals surface area (Å²) < 4.78 is 0. The number of nitrogens with two attached hydrogens (primary N) is 1. The van der Waals surface area contributed by atoms with Crippen LogP contribution in [0.25, 0.3) is 0 Å². The van der Waals surface area contributed by atoms with Crippen LogP contribution in [0.2, 0.25) is 0 Å². The van der Waals surface area contributed by atoms with E-state index >= 15 is 0 Å². The quantitative estimate of drug-likeness (QED) is 0.494. The Balaban J connectivity index is 2.65. The second-order valence-electron chi connectivity index (χ2n) is 4.88. The molecule has 1 saturated heterocycles. The van der Waals surface area contributed by atoms with Gasteiger partial charge in [-0.15, -0.1) is 0 Å². The summed E-state index contributed by atoms with van der Waals surface area (Å²) in [6, 6.07) is -1.26. The first-order valence-corrected chi connectivity index (χ1v) is 5.88. The molecule has 7 nitrogen and oxygen atoms in total. The number of nitrogens with one attached hydrogen (secondary N) is 2. The van der Waals surface area contributed by atoms with Crippen LogP contribution in [0.5, 0.6) is 0 Å². The van der Waals surface area contributed by atoms with Crippen LogP contribution in [0, 0.1) is 5.41 Å². The zero-order chi connectivity index (χ0) is 13.8. The van der Waals surface area contributed by atoms with Gasteiger partial charge in [0.2, 0.25) is 11.8 Å². The third kappa shape index (κ3) is 3.69. The third-order valence-electron chi connectivity index (χ3n) is 3.15. The van der Waals surface area contributed by atoms with Gasteiger partial charge in [-0.25, -0.2) is 4.79 Å². The summed E-state index contributed by atoms with van der Waals surface area (Å²) in [6.07, 6.45) is 1.15. The largest absolute Gasteiger partial charge is 0.480 e. The van der Waals surface area contributed by atoms with E-state index in [-0.39, 0.29) is 5.91 Å². The molecule has 0 aromatic rings. The minimum absolute atomic E-state index is 0.358. The maximum absolute atomic E-state index is 12.0. The molecule has 18 heavy (non-hydrogen) atoms. The molecule has 7 heteroatoms. The first kappa shape index (κ1) is 14.4. The number of carboxylic acid groups (broad SMARTS) is 1. The first-order valence-electron chi connectivity index (χ1n) is 5.88. The van der Waals surface area contributed by atoms with Crippen LogP contribution in [0.15, 0.2) is 0 Å². The summed E-state index contributed by atoms with van der Waals surface area (Å²) >= 11 is 0. The van der Waals surface area contributed by atoms with Crippen molar-refractivity contribution in [1.29, 1.82) is 0 Å².